The molecule has 1 atom stereocenters. The van der Waals surface area contributed by atoms with Gasteiger partial charge in [-0.3, -0.25) is 5.32 Å². The lowest BCUT2D eigenvalue weighted by Crippen LogP contribution is -2.20. The van der Waals surface area contributed by atoms with Gasteiger partial charge in [0.2, 0.25) is 0 Å². The lowest BCUT2D eigenvalue weighted by molar-refractivity contribution is 0.621. The predicted molar refractivity (Wildman–Crippen MR) is 65.5 cm³/mol. The van der Waals surface area contributed by atoms with Crippen molar-refractivity contribution in [2.75, 3.05) is 6.54 Å². The van der Waals surface area contributed by atoms with E-state index in [2.05, 4.69) is 34.2 Å². The van der Waals surface area contributed by atoms with Crippen molar-refractivity contribution in [3.63, 3.8) is 0 Å². The van der Waals surface area contributed by atoms with Crippen molar-refractivity contribution in [1.29, 1.82) is 5.26 Å². The van der Waals surface area contributed by atoms with E-state index in [0.29, 0.717) is 0 Å². The van der Waals surface area contributed by atoms with Crippen molar-refractivity contribution >= 4 is 15.9 Å². The zero-order valence-corrected chi connectivity index (χ0v) is 10.6. The van der Waals surface area contributed by atoms with E-state index in [0.717, 1.165) is 28.6 Å². The van der Waals surface area contributed by atoms with E-state index < -0.39 is 0 Å². The van der Waals surface area contributed by atoms with Crippen LogP contribution in [0.2, 0.25) is 0 Å². The molecule has 0 aromatic heterocycles. The number of nitrogens with one attached hydrogen (secondary N) is 1. The first kappa shape index (κ1) is 12.2. The molecule has 0 fully saturated rings. The van der Waals surface area contributed by atoms with E-state index in [4.69, 9.17) is 5.26 Å². The molecule has 1 N–H and O–H groups in total. The third-order valence-electron chi connectivity index (χ3n) is 2.24. The van der Waals surface area contributed by atoms with Crippen molar-refractivity contribution in [2.45, 2.75) is 26.3 Å². The molecule has 0 heterocycles. The van der Waals surface area contributed by atoms with Gasteiger partial charge in [-0.05, 0) is 37.1 Å². The molecule has 1 rings (SSSR count). The molecule has 15 heavy (non-hydrogen) atoms. The Kier molecular flexibility index (Phi) is 4.80. The molecule has 0 saturated heterocycles. The van der Waals surface area contributed by atoms with E-state index in [1.54, 1.807) is 0 Å². The molecule has 2 nitrogen and oxygen atoms in total. The van der Waals surface area contributed by atoms with Gasteiger partial charge in [0.25, 0.3) is 0 Å². The van der Waals surface area contributed by atoms with E-state index in [-0.39, 0.29) is 6.04 Å². The molecular weight excluding hydrogens is 252 g/mol. The van der Waals surface area contributed by atoms with Crippen LogP contribution in [-0.4, -0.2) is 6.54 Å². The summed E-state index contributed by atoms with van der Waals surface area (Å²) in [6.07, 6.45) is 1.04. The summed E-state index contributed by atoms with van der Waals surface area (Å²) in [6.45, 7) is 4.99. The van der Waals surface area contributed by atoms with Gasteiger partial charge < -0.3 is 0 Å². The smallest absolute Gasteiger partial charge is 0.121 e. The first-order valence-corrected chi connectivity index (χ1v) is 5.87. The molecule has 1 aromatic rings. The van der Waals surface area contributed by atoms with Crippen LogP contribution in [0.25, 0.3) is 0 Å². The number of hydrogen-bond donors (Lipinski definition) is 1. The van der Waals surface area contributed by atoms with Gasteiger partial charge in [0.1, 0.15) is 6.04 Å². The number of rotatable bonds is 4. The summed E-state index contributed by atoms with van der Waals surface area (Å²) < 4.78 is 1.08. The normalized spacial score (nSPS) is 12.1. The van der Waals surface area contributed by atoms with Crippen LogP contribution in [0.3, 0.4) is 0 Å². The van der Waals surface area contributed by atoms with E-state index in [9.17, 15) is 0 Å². The lowest BCUT2D eigenvalue weighted by atomic mass is 10.1. The summed E-state index contributed by atoms with van der Waals surface area (Å²) >= 11 is 3.45. The van der Waals surface area contributed by atoms with Gasteiger partial charge in [-0.15, -0.1) is 0 Å². The van der Waals surface area contributed by atoms with Crippen LogP contribution >= 0.6 is 15.9 Å². The molecule has 0 aliphatic carbocycles. The summed E-state index contributed by atoms with van der Waals surface area (Å²) in [5.41, 5.74) is 2.19. The molecular formula is C12H15BrN2. The van der Waals surface area contributed by atoms with E-state index in [1.165, 1.54) is 0 Å². The van der Waals surface area contributed by atoms with Gasteiger partial charge >= 0.3 is 0 Å². The Morgan fingerprint density at radius 2 is 2.27 bits per heavy atom. The van der Waals surface area contributed by atoms with Gasteiger partial charge in [-0.1, -0.05) is 35.0 Å². The highest BCUT2D eigenvalue weighted by molar-refractivity contribution is 9.10. The van der Waals surface area contributed by atoms with Gasteiger partial charge in [0, 0.05) is 4.47 Å². The zero-order chi connectivity index (χ0) is 11.3. The summed E-state index contributed by atoms with van der Waals surface area (Å²) in [5.74, 6) is 0. The van der Waals surface area contributed by atoms with Crippen molar-refractivity contribution < 1.29 is 0 Å². The van der Waals surface area contributed by atoms with Gasteiger partial charge in [-0.2, -0.15) is 5.26 Å². The molecule has 0 aliphatic heterocycles. The van der Waals surface area contributed by atoms with Crippen LogP contribution in [0, 0.1) is 18.3 Å². The quantitative estimate of drug-likeness (QED) is 0.908. The Bertz CT molecular complexity index is 368. The maximum Gasteiger partial charge on any atom is 0.121 e. The first-order chi connectivity index (χ1) is 7.19. The first-order valence-electron chi connectivity index (χ1n) is 5.08. The standard InChI is InChI=1S/C12H15BrN2/c1-3-6-15-12(8-14)10-4-5-11(13)9(2)7-10/h4-5,7,12,15H,3,6H2,1-2H3. The molecule has 1 aromatic carbocycles. The fourth-order valence-electron chi connectivity index (χ4n) is 1.37. The minimum absolute atomic E-state index is 0.197. The second-order valence-corrected chi connectivity index (χ2v) is 4.38. The van der Waals surface area contributed by atoms with Crippen molar-refractivity contribution in [3.8, 4) is 6.07 Å². The summed E-state index contributed by atoms with van der Waals surface area (Å²) in [5, 5.41) is 12.2. The second-order valence-electron chi connectivity index (χ2n) is 3.52. The third kappa shape index (κ3) is 3.33. The second kappa shape index (κ2) is 5.89. The monoisotopic (exact) mass is 266 g/mol. The van der Waals surface area contributed by atoms with Crippen LogP contribution in [0.1, 0.15) is 30.5 Å². The predicted octanol–water partition coefficient (Wildman–Crippen LogP) is 3.32. The molecule has 0 amide bonds. The topological polar surface area (TPSA) is 35.8 Å². The van der Waals surface area contributed by atoms with Gasteiger partial charge in [0.05, 0.1) is 6.07 Å². The maximum atomic E-state index is 9.04. The number of aryl methyl sites for hydroxylation is 1. The number of nitrogens with zero attached hydrogens (tertiary/aromatic N) is 1. The molecule has 3 heteroatoms. The number of halogens is 1. The largest absolute Gasteiger partial charge is 0.298 e. The van der Waals surface area contributed by atoms with Gasteiger partial charge in [0.15, 0.2) is 0 Å². The molecule has 0 radical (unpaired) electrons. The molecule has 0 bridgehead atoms. The maximum absolute atomic E-state index is 9.04. The highest BCUT2D eigenvalue weighted by Crippen LogP contribution is 2.20. The Hall–Kier alpha value is -0.850. The van der Waals surface area contributed by atoms with Crippen LogP contribution in [0.5, 0.6) is 0 Å². The SMILES string of the molecule is CCCNC(C#N)c1ccc(Br)c(C)c1. The average molecular weight is 267 g/mol. The van der Waals surface area contributed by atoms with Crippen LogP contribution in [0.15, 0.2) is 22.7 Å². The van der Waals surface area contributed by atoms with E-state index in [1.807, 2.05) is 25.1 Å². The fourth-order valence-corrected chi connectivity index (χ4v) is 1.62. The Labute approximate surface area is 99.4 Å². The Morgan fingerprint density at radius 1 is 1.53 bits per heavy atom. The molecule has 0 aliphatic rings. The summed E-state index contributed by atoms with van der Waals surface area (Å²) in [7, 11) is 0. The summed E-state index contributed by atoms with van der Waals surface area (Å²) in [6, 6.07) is 8.09. The van der Waals surface area contributed by atoms with Crippen molar-refractivity contribution in [2.24, 2.45) is 0 Å². The van der Waals surface area contributed by atoms with Crippen molar-refractivity contribution in [1.82, 2.24) is 5.32 Å². The van der Waals surface area contributed by atoms with Crippen LogP contribution in [0.4, 0.5) is 0 Å². The van der Waals surface area contributed by atoms with Crippen molar-refractivity contribution in [3.05, 3.63) is 33.8 Å². The summed E-state index contributed by atoms with van der Waals surface area (Å²) in [4.78, 5) is 0. The Balaban J connectivity index is 2.84. The highest BCUT2D eigenvalue weighted by atomic mass is 79.9. The number of nitriles is 1. The molecule has 80 valence electrons. The Morgan fingerprint density at radius 3 is 2.80 bits per heavy atom. The van der Waals surface area contributed by atoms with E-state index >= 15 is 0 Å². The fraction of sp³-hybridized carbons (Fsp3) is 0.417. The molecule has 0 saturated carbocycles. The van der Waals surface area contributed by atoms with Crippen LogP contribution in [-0.2, 0) is 0 Å². The average Bonchev–Trinajstić information content (AvgIpc) is 2.24. The zero-order valence-electron chi connectivity index (χ0n) is 9.05. The minimum atomic E-state index is -0.197. The third-order valence-corrected chi connectivity index (χ3v) is 3.13. The number of hydrogen-bond acceptors (Lipinski definition) is 2. The highest BCUT2D eigenvalue weighted by Gasteiger charge is 2.09. The van der Waals surface area contributed by atoms with Crippen LogP contribution < -0.4 is 5.32 Å². The molecule has 0 spiro atoms. The lowest BCUT2D eigenvalue weighted by Gasteiger charge is -2.12. The number of benzene rings is 1. The molecule has 1 unspecified atom stereocenters. The minimum Gasteiger partial charge on any atom is -0.298 e. The van der Waals surface area contributed by atoms with Gasteiger partial charge in [-0.25, -0.2) is 0 Å².